The minimum absolute atomic E-state index is 0.235. The molecule has 1 aliphatic heterocycles. The van der Waals surface area contributed by atoms with Gasteiger partial charge in [-0.25, -0.2) is 9.79 Å². The summed E-state index contributed by atoms with van der Waals surface area (Å²) in [5.74, 6) is 0.789. The molecule has 1 rings (SSSR count). The van der Waals surface area contributed by atoms with Gasteiger partial charge in [-0.3, -0.25) is 0 Å². The quantitative estimate of drug-likeness (QED) is 0.473. The molecule has 6 heteroatoms. The van der Waals surface area contributed by atoms with Gasteiger partial charge in [-0.05, 0) is 46.5 Å². The Morgan fingerprint density at radius 3 is 2.77 bits per heavy atom. The molecule has 126 valence electrons. The van der Waals surface area contributed by atoms with Crippen molar-refractivity contribution in [2.45, 2.75) is 46.1 Å². The van der Waals surface area contributed by atoms with Crippen LogP contribution >= 0.6 is 0 Å². The molecular formula is C16H30N4O2. The van der Waals surface area contributed by atoms with Gasteiger partial charge >= 0.3 is 6.09 Å². The average molecular weight is 310 g/mol. The summed E-state index contributed by atoms with van der Waals surface area (Å²) in [5.41, 5.74) is 6.32. The minimum Gasteiger partial charge on any atom is -0.444 e. The number of carbonyl (C=O) groups excluding carboxylic acids is 1. The first kappa shape index (κ1) is 18.3. The molecule has 0 saturated carbocycles. The summed E-state index contributed by atoms with van der Waals surface area (Å²) in [6.07, 6.45) is 1.81. The van der Waals surface area contributed by atoms with E-state index in [0.717, 1.165) is 25.0 Å². The van der Waals surface area contributed by atoms with Crippen LogP contribution in [0.5, 0.6) is 0 Å². The Balaban J connectivity index is 2.42. The van der Waals surface area contributed by atoms with Crippen molar-refractivity contribution in [3.05, 3.63) is 12.2 Å². The van der Waals surface area contributed by atoms with Crippen LogP contribution in [0.25, 0.3) is 0 Å². The zero-order valence-electron chi connectivity index (χ0n) is 14.3. The van der Waals surface area contributed by atoms with E-state index < -0.39 is 5.60 Å². The number of ether oxygens (including phenoxy) is 1. The van der Waals surface area contributed by atoms with Crippen LogP contribution in [0, 0.1) is 5.92 Å². The molecule has 22 heavy (non-hydrogen) atoms. The monoisotopic (exact) mass is 310 g/mol. The zero-order valence-corrected chi connectivity index (χ0v) is 14.3. The highest BCUT2D eigenvalue weighted by Crippen LogP contribution is 2.18. The lowest BCUT2D eigenvalue weighted by atomic mass is 9.98. The van der Waals surface area contributed by atoms with Crippen LogP contribution in [0.3, 0.4) is 0 Å². The van der Waals surface area contributed by atoms with Crippen LogP contribution in [0.1, 0.15) is 40.5 Å². The number of likely N-dealkylation sites (tertiary alicyclic amines) is 1. The molecule has 1 atom stereocenters. The van der Waals surface area contributed by atoms with Crippen LogP contribution < -0.4 is 11.1 Å². The maximum absolute atomic E-state index is 12.1. The fraction of sp³-hybridized carbons (Fsp3) is 0.750. The van der Waals surface area contributed by atoms with Crippen molar-refractivity contribution >= 4 is 12.1 Å². The maximum atomic E-state index is 12.1. The molecule has 0 radical (unpaired) electrons. The highest BCUT2D eigenvalue weighted by atomic mass is 16.6. The molecule has 1 aliphatic rings. The van der Waals surface area contributed by atoms with Crippen molar-refractivity contribution in [3.8, 4) is 0 Å². The topological polar surface area (TPSA) is 80.0 Å². The van der Waals surface area contributed by atoms with E-state index in [1.54, 1.807) is 4.90 Å². The third kappa shape index (κ3) is 7.33. The van der Waals surface area contributed by atoms with Gasteiger partial charge in [-0.15, -0.1) is 0 Å². The summed E-state index contributed by atoms with van der Waals surface area (Å²) in [6, 6.07) is 0. The summed E-state index contributed by atoms with van der Waals surface area (Å²) in [5, 5.41) is 3.12. The number of hydrogen-bond acceptors (Lipinski definition) is 3. The number of piperidine rings is 1. The molecule has 0 bridgehead atoms. The van der Waals surface area contributed by atoms with Crippen molar-refractivity contribution in [3.63, 3.8) is 0 Å². The van der Waals surface area contributed by atoms with Gasteiger partial charge in [0.25, 0.3) is 0 Å². The standard InChI is InChI=1S/C16H30N4O2/c1-12(2)9-18-14(17)19-10-13-7-6-8-20(11-13)15(21)22-16(3,4)5/h13H,1,6-11H2,2-5H3,(H3,17,18,19). The summed E-state index contributed by atoms with van der Waals surface area (Å²) < 4.78 is 5.42. The Morgan fingerprint density at radius 2 is 2.18 bits per heavy atom. The largest absolute Gasteiger partial charge is 0.444 e. The van der Waals surface area contributed by atoms with Gasteiger partial charge in [0.2, 0.25) is 0 Å². The lowest BCUT2D eigenvalue weighted by Crippen LogP contribution is -2.46. The van der Waals surface area contributed by atoms with E-state index in [2.05, 4.69) is 16.9 Å². The van der Waals surface area contributed by atoms with E-state index in [1.807, 2.05) is 27.7 Å². The van der Waals surface area contributed by atoms with Gasteiger partial charge in [0.05, 0.1) is 6.54 Å². The molecule has 1 saturated heterocycles. The zero-order chi connectivity index (χ0) is 16.8. The van der Waals surface area contributed by atoms with Crippen molar-refractivity contribution < 1.29 is 9.53 Å². The highest BCUT2D eigenvalue weighted by Gasteiger charge is 2.27. The van der Waals surface area contributed by atoms with Crippen molar-refractivity contribution in [1.29, 1.82) is 0 Å². The Bertz CT molecular complexity index is 426. The van der Waals surface area contributed by atoms with Crippen LogP contribution in [-0.2, 0) is 4.74 Å². The molecule has 1 amide bonds. The van der Waals surface area contributed by atoms with E-state index >= 15 is 0 Å². The lowest BCUT2D eigenvalue weighted by Gasteiger charge is -2.34. The number of rotatable bonds is 4. The van der Waals surface area contributed by atoms with Gasteiger partial charge in [0.15, 0.2) is 5.96 Å². The predicted molar refractivity (Wildman–Crippen MR) is 89.8 cm³/mol. The van der Waals surface area contributed by atoms with Gasteiger partial charge in [-0.2, -0.15) is 0 Å². The van der Waals surface area contributed by atoms with Crippen LogP contribution in [0.15, 0.2) is 17.1 Å². The van der Waals surface area contributed by atoms with Gasteiger partial charge in [-0.1, -0.05) is 12.2 Å². The Kier molecular flexibility index (Phi) is 6.71. The second kappa shape index (κ2) is 8.06. The van der Waals surface area contributed by atoms with Gasteiger partial charge < -0.3 is 20.7 Å². The van der Waals surface area contributed by atoms with E-state index in [-0.39, 0.29) is 6.09 Å². The number of hydrogen-bond donors (Lipinski definition) is 2. The fourth-order valence-electron chi connectivity index (χ4n) is 2.25. The number of guanidine groups is 1. The average Bonchev–Trinajstić information content (AvgIpc) is 2.41. The molecule has 1 unspecified atom stereocenters. The van der Waals surface area contributed by atoms with E-state index in [0.29, 0.717) is 31.5 Å². The number of nitrogens with zero attached hydrogens (tertiary/aromatic N) is 2. The van der Waals surface area contributed by atoms with E-state index in [4.69, 9.17) is 10.5 Å². The predicted octanol–water partition coefficient (Wildman–Crippen LogP) is 2.11. The second-order valence-corrected chi connectivity index (χ2v) is 6.97. The summed E-state index contributed by atoms with van der Waals surface area (Å²) >= 11 is 0. The molecule has 1 fully saturated rings. The molecule has 6 nitrogen and oxygen atoms in total. The number of carbonyl (C=O) groups is 1. The van der Waals surface area contributed by atoms with Crippen LogP contribution in [0.2, 0.25) is 0 Å². The summed E-state index contributed by atoms with van der Waals surface area (Å²) in [6.45, 7) is 14.0. The molecule has 0 aliphatic carbocycles. The molecule has 0 aromatic rings. The van der Waals surface area contributed by atoms with Crippen LogP contribution in [0.4, 0.5) is 4.79 Å². The van der Waals surface area contributed by atoms with Crippen LogP contribution in [-0.4, -0.2) is 48.7 Å². The molecule has 1 heterocycles. The highest BCUT2D eigenvalue weighted by molar-refractivity contribution is 5.77. The summed E-state index contributed by atoms with van der Waals surface area (Å²) in [7, 11) is 0. The van der Waals surface area contributed by atoms with Crippen molar-refractivity contribution in [2.75, 3.05) is 26.2 Å². The lowest BCUT2D eigenvalue weighted by molar-refractivity contribution is 0.0168. The third-order valence-electron chi connectivity index (χ3n) is 3.26. The third-order valence-corrected chi connectivity index (χ3v) is 3.26. The number of nitrogens with one attached hydrogen (secondary N) is 1. The summed E-state index contributed by atoms with van der Waals surface area (Å²) in [4.78, 5) is 18.1. The first-order valence-corrected chi connectivity index (χ1v) is 7.83. The number of aliphatic imine (C=N–C) groups is 1. The van der Waals surface area contributed by atoms with Crippen molar-refractivity contribution in [2.24, 2.45) is 16.6 Å². The Hall–Kier alpha value is -1.72. The van der Waals surface area contributed by atoms with Gasteiger partial charge in [0.1, 0.15) is 5.60 Å². The SMILES string of the molecule is C=C(C)CN=C(N)NCC1CCCN(C(=O)OC(C)(C)C)C1. The van der Waals surface area contributed by atoms with Crippen molar-refractivity contribution in [1.82, 2.24) is 10.2 Å². The Labute approximate surface area is 133 Å². The first-order chi connectivity index (χ1) is 10.2. The molecule has 0 aromatic carbocycles. The normalized spacial score (nSPS) is 19.7. The number of nitrogens with two attached hydrogens (primary N) is 1. The minimum atomic E-state index is -0.456. The molecular weight excluding hydrogens is 280 g/mol. The molecule has 0 aromatic heterocycles. The van der Waals surface area contributed by atoms with E-state index in [9.17, 15) is 4.79 Å². The molecule has 3 N–H and O–H groups in total. The fourth-order valence-corrected chi connectivity index (χ4v) is 2.25. The van der Waals surface area contributed by atoms with E-state index in [1.165, 1.54) is 0 Å². The second-order valence-electron chi connectivity index (χ2n) is 6.97. The smallest absolute Gasteiger partial charge is 0.410 e. The number of amides is 1. The Morgan fingerprint density at radius 1 is 1.50 bits per heavy atom. The molecule has 0 spiro atoms. The maximum Gasteiger partial charge on any atom is 0.410 e. The first-order valence-electron chi connectivity index (χ1n) is 7.83. The van der Waals surface area contributed by atoms with Gasteiger partial charge in [0, 0.05) is 19.6 Å².